The van der Waals surface area contributed by atoms with Gasteiger partial charge in [0.05, 0.1) is 4.58 Å². The molecule has 0 unspecified atom stereocenters. The van der Waals surface area contributed by atoms with E-state index in [9.17, 15) is 0 Å². The van der Waals surface area contributed by atoms with Gasteiger partial charge in [0.25, 0.3) is 0 Å². The average molecular weight is 210 g/mol. The lowest BCUT2D eigenvalue weighted by Gasteiger charge is -2.21. The zero-order valence-corrected chi connectivity index (χ0v) is 9.24. The fraction of sp³-hybridized carbons (Fsp3) is 0.455. The highest BCUT2D eigenvalue weighted by atomic mass is 32.2. The summed E-state index contributed by atoms with van der Waals surface area (Å²) in [5, 5.41) is 0. The summed E-state index contributed by atoms with van der Waals surface area (Å²) in [6, 6.07) is 0. The Hall–Kier alpha value is -0.0800. The molecule has 2 aliphatic rings. The predicted octanol–water partition coefficient (Wildman–Crippen LogP) is 3.63. The second-order valence-electron chi connectivity index (χ2n) is 3.16. The van der Waals surface area contributed by atoms with E-state index in [0.29, 0.717) is 4.58 Å². The molecule has 1 aliphatic heterocycles. The van der Waals surface area contributed by atoms with E-state index in [-0.39, 0.29) is 0 Å². The molecule has 1 aliphatic carbocycles. The largest absolute Gasteiger partial charge is 0.143 e. The molecule has 0 radical (unpaired) electrons. The van der Waals surface area contributed by atoms with Crippen molar-refractivity contribution in [2.24, 2.45) is 0 Å². The summed E-state index contributed by atoms with van der Waals surface area (Å²) in [6.07, 6.45) is 13.7. The number of hydrogen-bond acceptors (Lipinski definition) is 2. The highest BCUT2D eigenvalue weighted by Crippen LogP contribution is 2.36. The first-order valence-corrected chi connectivity index (χ1v) is 6.83. The van der Waals surface area contributed by atoms with Crippen LogP contribution in [0.1, 0.15) is 12.8 Å². The van der Waals surface area contributed by atoms with Crippen LogP contribution in [0.5, 0.6) is 0 Å². The summed E-state index contributed by atoms with van der Waals surface area (Å²) in [4.78, 5) is 0. The molecule has 2 heteroatoms. The molecule has 0 N–H and O–H groups in total. The van der Waals surface area contributed by atoms with Crippen LogP contribution in [0.2, 0.25) is 0 Å². The predicted molar refractivity (Wildman–Crippen MR) is 64.3 cm³/mol. The zero-order chi connectivity index (χ0) is 8.93. The molecule has 0 saturated carbocycles. The summed E-state index contributed by atoms with van der Waals surface area (Å²) < 4.78 is 0.688. The van der Waals surface area contributed by atoms with Gasteiger partial charge in [0.15, 0.2) is 0 Å². The average Bonchev–Trinajstić information content (AvgIpc) is 2.47. The van der Waals surface area contributed by atoms with Crippen LogP contribution in [0.15, 0.2) is 36.0 Å². The van der Waals surface area contributed by atoms with Gasteiger partial charge in [-0.2, -0.15) is 0 Å². The van der Waals surface area contributed by atoms with Crippen molar-refractivity contribution in [2.45, 2.75) is 17.4 Å². The Labute approximate surface area is 88.6 Å². The SMILES string of the molecule is C1=CCC=CC(C2SCCCS2)=C1. The lowest BCUT2D eigenvalue weighted by atomic mass is 10.2. The molecule has 2 rings (SSSR count). The molecule has 0 aromatic heterocycles. The van der Waals surface area contributed by atoms with Gasteiger partial charge in [0, 0.05) is 0 Å². The van der Waals surface area contributed by atoms with Crippen molar-refractivity contribution in [3.63, 3.8) is 0 Å². The number of rotatable bonds is 1. The monoisotopic (exact) mass is 210 g/mol. The van der Waals surface area contributed by atoms with E-state index in [1.165, 1.54) is 23.5 Å². The molecule has 13 heavy (non-hydrogen) atoms. The van der Waals surface area contributed by atoms with Crippen LogP contribution < -0.4 is 0 Å². The van der Waals surface area contributed by atoms with Crippen molar-refractivity contribution in [2.75, 3.05) is 11.5 Å². The molecule has 0 spiro atoms. The van der Waals surface area contributed by atoms with Gasteiger partial charge in [-0.15, -0.1) is 23.5 Å². The van der Waals surface area contributed by atoms with E-state index in [4.69, 9.17) is 0 Å². The van der Waals surface area contributed by atoms with Crippen LogP contribution in [-0.2, 0) is 0 Å². The molecule has 1 saturated heterocycles. The van der Waals surface area contributed by atoms with Crippen molar-refractivity contribution < 1.29 is 0 Å². The minimum atomic E-state index is 0.688. The minimum Gasteiger partial charge on any atom is -0.143 e. The van der Waals surface area contributed by atoms with Crippen LogP contribution in [0.4, 0.5) is 0 Å². The van der Waals surface area contributed by atoms with Gasteiger partial charge in [-0.1, -0.05) is 30.4 Å². The molecule has 1 fully saturated rings. The molecule has 0 aromatic rings. The van der Waals surface area contributed by atoms with E-state index in [1.807, 2.05) is 0 Å². The summed E-state index contributed by atoms with van der Waals surface area (Å²) in [6.45, 7) is 0. The van der Waals surface area contributed by atoms with E-state index in [2.05, 4.69) is 53.9 Å². The molecule has 0 atom stereocenters. The summed E-state index contributed by atoms with van der Waals surface area (Å²) >= 11 is 4.18. The standard InChI is InChI=1S/C11H14S2/c1-2-4-7-10(6-3-1)11-12-8-5-9-13-11/h1,3-4,6-7,11H,2,5,8-9H2. The Morgan fingerprint density at radius 1 is 1.15 bits per heavy atom. The quantitative estimate of drug-likeness (QED) is 0.648. The van der Waals surface area contributed by atoms with Gasteiger partial charge in [-0.05, 0) is 29.9 Å². The van der Waals surface area contributed by atoms with E-state index in [1.54, 1.807) is 0 Å². The van der Waals surface area contributed by atoms with Gasteiger partial charge < -0.3 is 0 Å². The third-order valence-electron chi connectivity index (χ3n) is 2.11. The van der Waals surface area contributed by atoms with Crippen molar-refractivity contribution in [3.8, 4) is 0 Å². The molecule has 0 nitrogen and oxygen atoms in total. The Bertz CT molecular complexity index is 245. The van der Waals surface area contributed by atoms with E-state index >= 15 is 0 Å². The molecular weight excluding hydrogens is 196 g/mol. The van der Waals surface area contributed by atoms with Crippen molar-refractivity contribution in [1.29, 1.82) is 0 Å². The van der Waals surface area contributed by atoms with Crippen LogP contribution >= 0.6 is 23.5 Å². The third kappa shape index (κ3) is 2.68. The van der Waals surface area contributed by atoms with Crippen LogP contribution in [-0.4, -0.2) is 16.1 Å². The summed E-state index contributed by atoms with van der Waals surface area (Å²) in [5.41, 5.74) is 1.49. The first-order chi connectivity index (χ1) is 6.47. The van der Waals surface area contributed by atoms with Crippen molar-refractivity contribution in [3.05, 3.63) is 36.0 Å². The topological polar surface area (TPSA) is 0 Å². The van der Waals surface area contributed by atoms with Crippen LogP contribution in [0, 0.1) is 0 Å². The minimum absolute atomic E-state index is 0.688. The molecule has 0 amide bonds. The Kier molecular flexibility index (Phi) is 3.62. The van der Waals surface area contributed by atoms with Gasteiger partial charge in [0.2, 0.25) is 0 Å². The summed E-state index contributed by atoms with van der Waals surface area (Å²) in [5.74, 6) is 2.65. The molecule has 0 aromatic carbocycles. The van der Waals surface area contributed by atoms with Gasteiger partial charge in [0.1, 0.15) is 0 Å². The highest BCUT2D eigenvalue weighted by molar-refractivity contribution is 8.17. The lowest BCUT2D eigenvalue weighted by Crippen LogP contribution is -2.08. The Morgan fingerprint density at radius 2 is 2.00 bits per heavy atom. The van der Waals surface area contributed by atoms with Crippen LogP contribution in [0.3, 0.4) is 0 Å². The maximum absolute atomic E-state index is 2.29. The number of allylic oxidation sites excluding steroid dienone is 5. The third-order valence-corrected chi connectivity index (χ3v) is 5.12. The normalized spacial score (nSPS) is 24.2. The maximum Gasteiger partial charge on any atom is 0.0751 e. The molecule has 1 heterocycles. The van der Waals surface area contributed by atoms with E-state index in [0.717, 1.165) is 6.42 Å². The Morgan fingerprint density at radius 3 is 2.85 bits per heavy atom. The highest BCUT2D eigenvalue weighted by Gasteiger charge is 2.16. The molecular formula is C11H14S2. The molecule has 70 valence electrons. The zero-order valence-electron chi connectivity index (χ0n) is 7.61. The fourth-order valence-electron chi connectivity index (χ4n) is 1.43. The first-order valence-electron chi connectivity index (χ1n) is 4.73. The van der Waals surface area contributed by atoms with Crippen molar-refractivity contribution >= 4 is 23.5 Å². The number of hydrogen-bond donors (Lipinski definition) is 0. The van der Waals surface area contributed by atoms with Crippen LogP contribution in [0.25, 0.3) is 0 Å². The van der Waals surface area contributed by atoms with Gasteiger partial charge in [-0.25, -0.2) is 0 Å². The fourth-order valence-corrected chi connectivity index (χ4v) is 4.33. The maximum atomic E-state index is 2.29. The molecule has 0 bridgehead atoms. The van der Waals surface area contributed by atoms with E-state index < -0.39 is 0 Å². The van der Waals surface area contributed by atoms with Gasteiger partial charge >= 0.3 is 0 Å². The smallest absolute Gasteiger partial charge is 0.0751 e. The number of thioether (sulfide) groups is 2. The van der Waals surface area contributed by atoms with Crippen molar-refractivity contribution in [1.82, 2.24) is 0 Å². The lowest BCUT2D eigenvalue weighted by molar-refractivity contribution is 1.10. The first kappa shape index (κ1) is 9.47. The Balaban J connectivity index is 2.05. The second kappa shape index (κ2) is 4.97. The second-order valence-corrected chi connectivity index (χ2v) is 5.88. The summed E-state index contributed by atoms with van der Waals surface area (Å²) in [7, 11) is 0. The van der Waals surface area contributed by atoms with Gasteiger partial charge in [-0.3, -0.25) is 0 Å².